The molecule has 19 heavy (non-hydrogen) atoms. The van der Waals surface area contributed by atoms with Gasteiger partial charge < -0.3 is 15.4 Å². The Kier molecular flexibility index (Phi) is 4.85. The molecule has 2 fully saturated rings. The molecule has 2 aliphatic carbocycles. The molecule has 0 aromatic carbocycles. The minimum Gasteiger partial charge on any atom is -0.378 e. The average molecular weight is 268 g/mol. The highest BCUT2D eigenvalue weighted by Gasteiger charge is 2.56. The molecule has 2 rings (SSSR count). The Morgan fingerprint density at radius 1 is 1.37 bits per heavy atom. The standard InChI is InChI=1S/C15H28N2O2/c1-4-19-13-9-12(15(13)7-5-6-8-15)16-10-14(18)17-11(2)3/h11-13,16H,4-10H2,1-3H3,(H,17,18). The van der Waals surface area contributed by atoms with Crippen LogP contribution >= 0.6 is 0 Å². The summed E-state index contributed by atoms with van der Waals surface area (Å²) in [5, 5.41) is 6.38. The Bertz CT molecular complexity index is 311. The number of carbonyl (C=O) groups excluding carboxylic acids is 1. The van der Waals surface area contributed by atoms with Crippen LogP contribution in [0.2, 0.25) is 0 Å². The number of nitrogens with one attached hydrogen (secondary N) is 2. The molecule has 2 atom stereocenters. The van der Waals surface area contributed by atoms with Gasteiger partial charge in [0.1, 0.15) is 0 Å². The van der Waals surface area contributed by atoms with E-state index in [1.165, 1.54) is 25.7 Å². The summed E-state index contributed by atoms with van der Waals surface area (Å²) < 4.78 is 5.88. The van der Waals surface area contributed by atoms with Crippen LogP contribution in [0.3, 0.4) is 0 Å². The van der Waals surface area contributed by atoms with E-state index in [0.29, 0.717) is 24.1 Å². The molecule has 2 unspecified atom stereocenters. The summed E-state index contributed by atoms with van der Waals surface area (Å²) in [4.78, 5) is 11.7. The first-order valence-corrected chi connectivity index (χ1v) is 7.73. The van der Waals surface area contributed by atoms with Crippen molar-refractivity contribution in [3.63, 3.8) is 0 Å². The number of hydrogen-bond acceptors (Lipinski definition) is 3. The van der Waals surface area contributed by atoms with Crippen molar-refractivity contribution in [1.82, 2.24) is 10.6 Å². The monoisotopic (exact) mass is 268 g/mol. The summed E-state index contributed by atoms with van der Waals surface area (Å²) >= 11 is 0. The molecule has 0 aliphatic heterocycles. The number of ether oxygens (including phenoxy) is 1. The molecule has 2 saturated carbocycles. The summed E-state index contributed by atoms with van der Waals surface area (Å²) in [6.45, 7) is 7.28. The number of carbonyl (C=O) groups is 1. The lowest BCUT2D eigenvalue weighted by Crippen LogP contribution is -2.63. The predicted molar refractivity (Wildman–Crippen MR) is 76.0 cm³/mol. The second-order valence-corrected chi connectivity index (χ2v) is 6.28. The molecule has 2 N–H and O–H groups in total. The van der Waals surface area contributed by atoms with E-state index in [1.807, 2.05) is 13.8 Å². The molecule has 0 saturated heterocycles. The van der Waals surface area contributed by atoms with Crippen LogP contribution in [-0.2, 0) is 9.53 Å². The van der Waals surface area contributed by atoms with Gasteiger partial charge in [0.05, 0.1) is 12.6 Å². The molecule has 4 heteroatoms. The Labute approximate surface area is 116 Å². The van der Waals surface area contributed by atoms with Crippen LogP contribution in [0.5, 0.6) is 0 Å². The highest BCUT2D eigenvalue weighted by molar-refractivity contribution is 5.78. The zero-order chi connectivity index (χ0) is 13.9. The second kappa shape index (κ2) is 6.23. The Hall–Kier alpha value is -0.610. The van der Waals surface area contributed by atoms with Gasteiger partial charge in [0.25, 0.3) is 0 Å². The fourth-order valence-electron chi connectivity index (χ4n) is 3.76. The molecular weight excluding hydrogens is 240 g/mol. The third kappa shape index (κ3) is 3.11. The lowest BCUT2D eigenvalue weighted by atomic mass is 9.60. The molecule has 0 heterocycles. The third-order valence-corrected chi connectivity index (χ3v) is 4.65. The lowest BCUT2D eigenvalue weighted by Gasteiger charge is -2.54. The maximum atomic E-state index is 11.7. The van der Waals surface area contributed by atoms with Gasteiger partial charge in [-0.2, -0.15) is 0 Å². The van der Waals surface area contributed by atoms with Gasteiger partial charge in [0.2, 0.25) is 5.91 Å². The van der Waals surface area contributed by atoms with Crippen molar-refractivity contribution in [2.45, 2.75) is 71.1 Å². The Morgan fingerprint density at radius 2 is 2.05 bits per heavy atom. The first-order valence-electron chi connectivity index (χ1n) is 7.73. The summed E-state index contributed by atoms with van der Waals surface area (Å²) in [5.41, 5.74) is 0.314. The molecule has 1 spiro atoms. The molecule has 0 radical (unpaired) electrons. The maximum Gasteiger partial charge on any atom is 0.234 e. The summed E-state index contributed by atoms with van der Waals surface area (Å²) in [5.74, 6) is 0.100. The largest absolute Gasteiger partial charge is 0.378 e. The van der Waals surface area contributed by atoms with Crippen LogP contribution in [-0.4, -0.2) is 37.2 Å². The van der Waals surface area contributed by atoms with Crippen molar-refractivity contribution in [2.75, 3.05) is 13.2 Å². The smallest absolute Gasteiger partial charge is 0.234 e. The zero-order valence-electron chi connectivity index (χ0n) is 12.5. The van der Waals surface area contributed by atoms with Crippen molar-refractivity contribution >= 4 is 5.91 Å². The minimum absolute atomic E-state index is 0.100. The quantitative estimate of drug-likeness (QED) is 0.773. The predicted octanol–water partition coefficient (Wildman–Crippen LogP) is 1.84. The van der Waals surface area contributed by atoms with Gasteiger partial charge in [-0.1, -0.05) is 12.8 Å². The van der Waals surface area contributed by atoms with Crippen LogP contribution in [0.4, 0.5) is 0 Å². The number of rotatable bonds is 6. The van der Waals surface area contributed by atoms with Gasteiger partial charge in [0.15, 0.2) is 0 Å². The SMILES string of the molecule is CCOC1CC(NCC(=O)NC(C)C)C12CCCC2. The van der Waals surface area contributed by atoms with E-state index >= 15 is 0 Å². The minimum atomic E-state index is 0.100. The van der Waals surface area contributed by atoms with Gasteiger partial charge in [-0.15, -0.1) is 0 Å². The van der Waals surface area contributed by atoms with E-state index in [4.69, 9.17) is 4.74 Å². The second-order valence-electron chi connectivity index (χ2n) is 6.28. The fraction of sp³-hybridized carbons (Fsp3) is 0.933. The summed E-state index contributed by atoms with van der Waals surface area (Å²) in [6.07, 6.45) is 6.58. The van der Waals surface area contributed by atoms with Gasteiger partial charge >= 0.3 is 0 Å². The fourth-order valence-corrected chi connectivity index (χ4v) is 3.76. The van der Waals surface area contributed by atoms with E-state index in [2.05, 4.69) is 17.6 Å². The zero-order valence-corrected chi connectivity index (χ0v) is 12.5. The normalized spacial score (nSPS) is 28.6. The highest BCUT2D eigenvalue weighted by atomic mass is 16.5. The summed E-state index contributed by atoms with van der Waals surface area (Å²) in [6, 6.07) is 0.678. The topological polar surface area (TPSA) is 50.4 Å². The molecular formula is C15H28N2O2. The molecule has 0 bridgehead atoms. The Balaban J connectivity index is 1.82. The van der Waals surface area contributed by atoms with Crippen molar-refractivity contribution in [1.29, 1.82) is 0 Å². The van der Waals surface area contributed by atoms with Crippen LogP contribution in [0, 0.1) is 5.41 Å². The van der Waals surface area contributed by atoms with Crippen LogP contribution < -0.4 is 10.6 Å². The number of amides is 1. The molecule has 1 amide bonds. The van der Waals surface area contributed by atoms with Gasteiger partial charge in [-0.05, 0) is 40.0 Å². The third-order valence-electron chi connectivity index (χ3n) is 4.65. The van der Waals surface area contributed by atoms with Crippen molar-refractivity contribution in [3.8, 4) is 0 Å². The molecule has 2 aliphatic rings. The van der Waals surface area contributed by atoms with Gasteiger partial charge in [-0.25, -0.2) is 0 Å². The van der Waals surface area contributed by atoms with Crippen molar-refractivity contribution in [3.05, 3.63) is 0 Å². The van der Waals surface area contributed by atoms with E-state index in [0.717, 1.165) is 13.0 Å². The highest BCUT2D eigenvalue weighted by Crippen LogP contribution is 2.54. The first kappa shape index (κ1) is 14.8. The van der Waals surface area contributed by atoms with E-state index in [-0.39, 0.29) is 11.9 Å². The molecule has 0 aromatic heterocycles. The molecule has 4 nitrogen and oxygen atoms in total. The first-order chi connectivity index (χ1) is 9.08. The van der Waals surface area contributed by atoms with Crippen LogP contribution in [0.25, 0.3) is 0 Å². The van der Waals surface area contributed by atoms with E-state index < -0.39 is 0 Å². The average Bonchev–Trinajstić information content (AvgIpc) is 2.83. The Morgan fingerprint density at radius 3 is 2.63 bits per heavy atom. The van der Waals surface area contributed by atoms with Crippen LogP contribution in [0.15, 0.2) is 0 Å². The van der Waals surface area contributed by atoms with Gasteiger partial charge in [0, 0.05) is 24.1 Å². The van der Waals surface area contributed by atoms with Gasteiger partial charge in [-0.3, -0.25) is 4.79 Å². The molecule has 0 aromatic rings. The van der Waals surface area contributed by atoms with Crippen molar-refractivity contribution in [2.24, 2.45) is 5.41 Å². The van der Waals surface area contributed by atoms with E-state index in [9.17, 15) is 4.79 Å². The van der Waals surface area contributed by atoms with E-state index in [1.54, 1.807) is 0 Å². The van der Waals surface area contributed by atoms with Crippen LogP contribution in [0.1, 0.15) is 52.9 Å². The lowest BCUT2D eigenvalue weighted by molar-refractivity contribution is -0.135. The number of hydrogen-bond donors (Lipinski definition) is 2. The van der Waals surface area contributed by atoms with Crippen molar-refractivity contribution < 1.29 is 9.53 Å². The maximum absolute atomic E-state index is 11.7. The summed E-state index contributed by atoms with van der Waals surface area (Å²) in [7, 11) is 0. The molecule has 110 valence electrons.